The summed E-state index contributed by atoms with van der Waals surface area (Å²) < 4.78 is 95.1. The first-order chi connectivity index (χ1) is 29.0. The van der Waals surface area contributed by atoms with Crippen molar-refractivity contribution in [3.63, 3.8) is 0 Å². The van der Waals surface area contributed by atoms with E-state index in [4.69, 9.17) is 37.5 Å². The van der Waals surface area contributed by atoms with Crippen molar-refractivity contribution in [2.45, 2.75) is 74.5 Å². The number of hydrogen-bond donors (Lipinski definition) is 5. The summed E-state index contributed by atoms with van der Waals surface area (Å²) in [6.07, 6.45) is -8.15. The number of H-pyrrole nitrogens is 2. The van der Waals surface area contributed by atoms with Gasteiger partial charge in [0.1, 0.15) is 36.6 Å². The first-order valence-electron chi connectivity index (χ1n) is 18.4. The molecule has 2 aromatic carbocycles. The van der Waals surface area contributed by atoms with Crippen molar-refractivity contribution in [1.29, 1.82) is 0 Å². The number of aromatic amines is 2. The fourth-order valence-electron chi connectivity index (χ4n) is 7.24. The quantitative estimate of drug-likeness (QED) is 0.0977. The molecule has 0 bridgehead atoms. The Morgan fingerprint density at radius 3 is 1.28 bits per heavy atom. The Morgan fingerprint density at radius 1 is 0.525 bits per heavy atom. The maximum Gasteiger partial charge on any atom is 0.490 e. The van der Waals surface area contributed by atoms with Gasteiger partial charge in [-0.2, -0.15) is 8.62 Å². The summed E-state index contributed by atoms with van der Waals surface area (Å²) in [7, 11) is -17.3. The number of aromatic nitrogens is 4. The van der Waals surface area contributed by atoms with Gasteiger partial charge >= 0.3 is 34.8 Å². The third kappa shape index (κ3) is 10.3. The number of hydrogen-bond acceptors (Lipinski definition) is 17. The molecule has 27 heteroatoms. The van der Waals surface area contributed by atoms with E-state index in [1.807, 2.05) is 36.4 Å². The van der Waals surface area contributed by atoms with E-state index in [9.17, 15) is 47.6 Å². The molecular weight excluding hydrogens is 877 g/mol. The van der Waals surface area contributed by atoms with Crippen molar-refractivity contribution < 1.29 is 74.5 Å². The standard InChI is InChI=1S/C34H37N4O20P3/c39-23-11-13-37(33(41)35-23)31-29-27(53-25(55-29)15-19-7-3-1-4-8-19)21(51-31)17-49-59(43,44)57-61(47,48)58-60(45,46)50-18-22-28-30(32(52-22)38-14-12-24(40)36-34(38)42)56-26(54-28)16-20-9-5-2-6-10-20/h1-14,21-22,25-32H,15-18H2,(H,43,44)(H,45,46)(H,47,48)(H,35,39,41)(H,36,40,42)/t21-,22-,25?,26?,27-,28-,29-,30-,31-,32-/m1/s1. The van der Waals surface area contributed by atoms with E-state index < -0.39 is 121 Å². The molecule has 6 heterocycles. The minimum absolute atomic E-state index is 0.254. The van der Waals surface area contributed by atoms with Crippen LogP contribution in [0.15, 0.2) is 104 Å². The molecule has 2 aromatic heterocycles. The van der Waals surface area contributed by atoms with Crippen LogP contribution in [0.4, 0.5) is 0 Å². The molecule has 328 valence electrons. The Kier molecular flexibility index (Phi) is 12.6. The molecule has 0 radical (unpaired) electrons. The topological polar surface area (TPSA) is 314 Å². The maximum absolute atomic E-state index is 12.9. The molecule has 4 saturated heterocycles. The lowest BCUT2D eigenvalue weighted by atomic mass is 10.1. The second-order valence-electron chi connectivity index (χ2n) is 14.0. The van der Waals surface area contributed by atoms with Gasteiger partial charge in [0.15, 0.2) is 25.0 Å². The van der Waals surface area contributed by atoms with Crippen molar-refractivity contribution in [3.8, 4) is 0 Å². The number of benzene rings is 2. The average molecular weight is 915 g/mol. The molecule has 4 fully saturated rings. The van der Waals surface area contributed by atoms with E-state index in [-0.39, 0.29) is 12.8 Å². The third-order valence-corrected chi connectivity index (χ3v) is 14.0. The number of fused-ring (bicyclic) bond motifs is 2. The van der Waals surface area contributed by atoms with Crippen LogP contribution in [0.5, 0.6) is 0 Å². The monoisotopic (exact) mass is 914 g/mol. The fraction of sp³-hybridized carbons (Fsp3) is 0.412. The highest BCUT2D eigenvalue weighted by Crippen LogP contribution is 2.68. The summed E-state index contributed by atoms with van der Waals surface area (Å²) in [4.78, 5) is 84.1. The van der Waals surface area contributed by atoms with Crippen molar-refractivity contribution in [2.24, 2.45) is 0 Å². The zero-order valence-corrected chi connectivity index (χ0v) is 33.9. The summed E-state index contributed by atoms with van der Waals surface area (Å²) in [5.74, 6) is 0. The molecule has 0 spiro atoms. The highest BCUT2D eigenvalue weighted by atomic mass is 31.3. The van der Waals surface area contributed by atoms with Gasteiger partial charge in [0.25, 0.3) is 11.1 Å². The summed E-state index contributed by atoms with van der Waals surface area (Å²) in [5, 5.41) is 0. The highest BCUT2D eigenvalue weighted by Gasteiger charge is 2.56. The summed E-state index contributed by atoms with van der Waals surface area (Å²) in [6.45, 7) is -1.76. The zero-order valence-electron chi connectivity index (χ0n) is 31.2. The Bertz CT molecular complexity index is 2420. The maximum atomic E-state index is 12.9. The van der Waals surface area contributed by atoms with Crippen molar-refractivity contribution in [3.05, 3.63) is 138 Å². The summed E-state index contributed by atoms with van der Waals surface area (Å²) in [5.41, 5.74) is -1.44. The van der Waals surface area contributed by atoms with Crippen LogP contribution in [0, 0.1) is 0 Å². The number of nitrogens with zero attached hydrogens (tertiary/aromatic N) is 2. The number of ether oxygens (including phenoxy) is 6. The van der Waals surface area contributed by atoms with Crippen LogP contribution in [0.1, 0.15) is 23.6 Å². The Morgan fingerprint density at radius 2 is 0.902 bits per heavy atom. The highest BCUT2D eigenvalue weighted by molar-refractivity contribution is 7.66. The number of phosphoric acid groups is 3. The van der Waals surface area contributed by atoms with E-state index in [1.54, 1.807) is 24.3 Å². The van der Waals surface area contributed by atoms with Crippen molar-refractivity contribution >= 4 is 23.5 Å². The van der Waals surface area contributed by atoms with E-state index in [0.29, 0.717) is 0 Å². The minimum Gasteiger partial charge on any atom is -0.346 e. The van der Waals surface area contributed by atoms with Crippen LogP contribution in [0.2, 0.25) is 0 Å². The predicted molar refractivity (Wildman–Crippen MR) is 201 cm³/mol. The van der Waals surface area contributed by atoms with Crippen LogP contribution < -0.4 is 22.5 Å². The first kappa shape index (κ1) is 43.6. The lowest BCUT2D eigenvalue weighted by Crippen LogP contribution is -2.36. The molecule has 4 aliphatic heterocycles. The Balaban J connectivity index is 0.900. The van der Waals surface area contributed by atoms with Gasteiger partial charge in [-0.25, -0.2) is 23.3 Å². The van der Waals surface area contributed by atoms with Crippen LogP contribution in [0.25, 0.3) is 0 Å². The van der Waals surface area contributed by atoms with Gasteiger partial charge in [0, 0.05) is 37.4 Å². The predicted octanol–water partition coefficient (Wildman–Crippen LogP) is 0.955. The van der Waals surface area contributed by atoms with Gasteiger partial charge < -0.3 is 43.1 Å². The summed E-state index contributed by atoms with van der Waals surface area (Å²) >= 11 is 0. The molecule has 61 heavy (non-hydrogen) atoms. The molecule has 8 rings (SSSR count). The lowest BCUT2D eigenvalue weighted by Gasteiger charge is -2.23. The summed E-state index contributed by atoms with van der Waals surface area (Å²) in [6, 6.07) is 20.2. The average Bonchev–Trinajstić information content (AvgIpc) is 3.95. The third-order valence-electron chi connectivity index (χ3n) is 9.76. The molecule has 0 saturated carbocycles. The smallest absolute Gasteiger partial charge is 0.346 e. The molecule has 5 N–H and O–H groups in total. The molecule has 4 aromatic rings. The van der Waals surface area contributed by atoms with E-state index in [1.165, 1.54) is 0 Å². The van der Waals surface area contributed by atoms with Crippen molar-refractivity contribution in [1.82, 2.24) is 19.1 Å². The molecule has 24 nitrogen and oxygen atoms in total. The second kappa shape index (κ2) is 17.6. The number of rotatable bonds is 16. The Hall–Kier alpha value is -4.03. The molecule has 4 aliphatic rings. The van der Waals surface area contributed by atoms with Crippen LogP contribution in [-0.4, -0.2) is 96.2 Å². The number of phosphoric ester groups is 2. The molecule has 4 unspecified atom stereocenters. The minimum atomic E-state index is -5.97. The van der Waals surface area contributed by atoms with Gasteiger partial charge in [-0.3, -0.25) is 37.7 Å². The fourth-order valence-corrected chi connectivity index (χ4v) is 10.8. The second-order valence-corrected chi connectivity index (χ2v) is 18.6. The van der Waals surface area contributed by atoms with E-state index in [2.05, 4.69) is 18.6 Å². The van der Waals surface area contributed by atoms with Crippen LogP contribution in [0.3, 0.4) is 0 Å². The molecular formula is C34H37N4O20P3. The van der Waals surface area contributed by atoms with Gasteiger partial charge in [0.2, 0.25) is 0 Å². The number of nitrogens with one attached hydrogen (secondary N) is 2. The van der Waals surface area contributed by atoms with Gasteiger partial charge in [0.05, 0.1) is 13.2 Å². The molecule has 0 amide bonds. The van der Waals surface area contributed by atoms with Crippen molar-refractivity contribution in [2.75, 3.05) is 13.2 Å². The SMILES string of the molecule is O=c1ccn([C@@H]2O[C@H](COP(=O)(O)OP(=O)(O)OP(=O)(O)OC[C@H]3O[C@@H](n4ccc(=O)[nH]c4=O)[C@@H]4OC(Cc5ccccc5)O[C@@H]43)[C@H]3OC(Cc4ccccc4)O[C@H]32)c(=O)[nH]1. The zero-order chi connectivity index (χ0) is 43.1. The largest absolute Gasteiger partial charge is 0.490 e. The van der Waals surface area contributed by atoms with Crippen LogP contribution >= 0.6 is 23.5 Å². The normalized spacial score (nSPS) is 31.2. The molecule has 12 atom stereocenters. The van der Waals surface area contributed by atoms with Gasteiger partial charge in [-0.15, -0.1) is 0 Å². The van der Waals surface area contributed by atoms with E-state index >= 15 is 0 Å². The molecule has 0 aliphatic carbocycles. The van der Waals surface area contributed by atoms with Gasteiger partial charge in [-0.05, 0) is 11.1 Å². The van der Waals surface area contributed by atoms with E-state index in [0.717, 1.165) is 44.8 Å². The Labute approximate surface area is 342 Å². The van der Waals surface area contributed by atoms with Gasteiger partial charge in [-0.1, -0.05) is 60.7 Å². The van der Waals surface area contributed by atoms with Crippen LogP contribution in [-0.2, 0) is 72.6 Å². The first-order valence-corrected chi connectivity index (χ1v) is 22.8. The lowest BCUT2D eigenvalue weighted by molar-refractivity contribution is -0.150.